The molecule has 1 aliphatic rings. The molecule has 2 heterocycles. The number of aromatic amines is 1. The Kier molecular flexibility index (Phi) is 5.34. The molecule has 6 heteroatoms. The van der Waals surface area contributed by atoms with Crippen LogP contribution in [0.3, 0.4) is 0 Å². The third-order valence-electron chi connectivity index (χ3n) is 6.03. The Hall–Kier alpha value is -4.06. The average Bonchev–Trinajstić information content (AvgIpc) is 3.36. The molecular weight excluding hydrogens is 419 g/mol. The number of halogens is 1. The Balaban J connectivity index is 1.36. The summed E-state index contributed by atoms with van der Waals surface area (Å²) in [6.45, 7) is 0.264. The largest absolute Gasteiger partial charge is 0.352 e. The van der Waals surface area contributed by atoms with E-state index in [4.69, 9.17) is 0 Å². The lowest BCUT2D eigenvalue weighted by Gasteiger charge is -2.15. The van der Waals surface area contributed by atoms with Crippen molar-refractivity contribution in [2.45, 2.75) is 25.3 Å². The summed E-state index contributed by atoms with van der Waals surface area (Å²) in [4.78, 5) is 42.7. The summed E-state index contributed by atoms with van der Waals surface area (Å²) >= 11 is 0. The summed E-state index contributed by atoms with van der Waals surface area (Å²) in [6, 6.07) is 22.7. The molecule has 0 aliphatic carbocycles. The van der Waals surface area contributed by atoms with Gasteiger partial charge in [0.05, 0.1) is 18.2 Å². The average molecular weight is 440 g/mol. The first-order valence-electron chi connectivity index (χ1n) is 10.8. The number of fused-ring (bicyclic) bond motifs is 1. The van der Waals surface area contributed by atoms with Crippen molar-refractivity contribution in [2.75, 3.05) is 0 Å². The number of Topliss-reactive ketones (excluding diaryl/α,β-unsaturated/α-hetero) is 1. The van der Waals surface area contributed by atoms with Crippen LogP contribution in [0.1, 0.15) is 39.5 Å². The van der Waals surface area contributed by atoms with Crippen LogP contribution < -0.4 is 0 Å². The number of likely N-dealkylation sites (tertiary alicyclic amines) is 1. The second-order valence-corrected chi connectivity index (χ2v) is 8.32. The molecule has 1 aromatic heterocycles. The van der Waals surface area contributed by atoms with Crippen LogP contribution in [-0.2, 0) is 22.6 Å². The number of ketones is 1. The number of nitrogens with zero attached hydrogens (tertiary/aromatic N) is 1. The highest BCUT2D eigenvalue weighted by atomic mass is 19.1. The number of carbonyl (C=O) groups is 3. The highest BCUT2D eigenvalue weighted by Crippen LogP contribution is 2.32. The number of hydrogen-bond acceptors (Lipinski definition) is 3. The number of rotatable bonds is 6. The fraction of sp³-hybridized carbons (Fsp3) is 0.148. The lowest BCUT2D eigenvalue weighted by atomic mass is 9.96. The molecule has 164 valence electrons. The molecule has 3 aromatic carbocycles. The topological polar surface area (TPSA) is 70.2 Å². The molecular formula is C27H21FN2O3. The number of H-pyrrole nitrogens is 1. The number of aromatic nitrogens is 1. The number of carbonyl (C=O) groups excluding carboxylic acids is 3. The van der Waals surface area contributed by atoms with Gasteiger partial charge >= 0.3 is 0 Å². The van der Waals surface area contributed by atoms with E-state index in [0.29, 0.717) is 11.3 Å². The molecule has 0 radical (unpaired) electrons. The van der Waals surface area contributed by atoms with E-state index in [0.717, 1.165) is 22.0 Å². The minimum absolute atomic E-state index is 0.0848. The molecule has 1 saturated heterocycles. The van der Waals surface area contributed by atoms with Gasteiger partial charge in [-0.05, 0) is 47.0 Å². The van der Waals surface area contributed by atoms with Crippen LogP contribution in [0.4, 0.5) is 4.39 Å². The van der Waals surface area contributed by atoms with E-state index in [2.05, 4.69) is 4.98 Å². The van der Waals surface area contributed by atoms with E-state index in [1.165, 1.54) is 17.0 Å². The van der Waals surface area contributed by atoms with Crippen molar-refractivity contribution >= 4 is 28.5 Å². The minimum atomic E-state index is -0.535. The molecule has 2 amide bonds. The van der Waals surface area contributed by atoms with Crippen molar-refractivity contribution < 1.29 is 18.8 Å². The lowest BCUT2D eigenvalue weighted by molar-refractivity contribution is -0.139. The first kappa shape index (κ1) is 20.8. The van der Waals surface area contributed by atoms with Crippen LogP contribution in [-0.4, -0.2) is 27.5 Å². The van der Waals surface area contributed by atoms with Crippen LogP contribution >= 0.6 is 0 Å². The molecule has 0 saturated carbocycles. The lowest BCUT2D eigenvalue weighted by Crippen LogP contribution is -2.29. The zero-order chi connectivity index (χ0) is 22.9. The van der Waals surface area contributed by atoms with Gasteiger partial charge in [0, 0.05) is 23.7 Å². The predicted molar refractivity (Wildman–Crippen MR) is 122 cm³/mol. The van der Waals surface area contributed by atoms with Crippen molar-refractivity contribution in [3.8, 4) is 0 Å². The van der Waals surface area contributed by atoms with Crippen LogP contribution in [0.5, 0.6) is 0 Å². The SMILES string of the molecule is O=C(Cc1cccc(F)c1)c1cc2cc(C3CC(=O)N(Cc4ccccc4)C3=O)ccc2[nH]1. The third kappa shape index (κ3) is 4.20. The zero-order valence-corrected chi connectivity index (χ0v) is 17.8. The second kappa shape index (κ2) is 8.47. The summed E-state index contributed by atoms with van der Waals surface area (Å²) in [5.41, 5.74) is 3.44. The molecule has 5 rings (SSSR count). The molecule has 1 fully saturated rings. The van der Waals surface area contributed by atoms with Gasteiger partial charge in [-0.3, -0.25) is 19.3 Å². The maximum atomic E-state index is 13.4. The highest BCUT2D eigenvalue weighted by molar-refractivity contribution is 6.06. The van der Waals surface area contributed by atoms with Gasteiger partial charge in [0.1, 0.15) is 5.82 Å². The smallest absolute Gasteiger partial charge is 0.237 e. The Bertz CT molecular complexity index is 1380. The van der Waals surface area contributed by atoms with Crippen molar-refractivity contribution in [1.29, 1.82) is 0 Å². The van der Waals surface area contributed by atoms with Gasteiger partial charge in [0.15, 0.2) is 5.78 Å². The van der Waals surface area contributed by atoms with E-state index < -0.39 is 5.92 Å². The first-order chi connectivity index (χ1) is 16.0. The molecule has 1 atom stereocenters. The Morgan fingerprint density at radius 2 is 1.73 bits per heavy atom. The Morgan fingerprint density at radius 1 is 0.939 bits per heavy atom. The normalized spacial score (nSPS) is 16.0. The number of nitrogens with one attached hydrogen (secondary N) is 1. The number of imide groups is 1. The fourth-order valence-electron chi connectivity index (χ4n) is 4.32. The molecule has 1 aliphatic heterocycles. The maximum Gasteiger partial charge on any atom is 0.237 e. The predicted octanol–water partition coefficient (Wildman–Crippen LogP) is 4.78. The van der Waals surface area contributed by atoms with Crippen molar-refractivity contribution in [1.82, 2.24) is 9.88 Å². The highest BCUT2D eigenvalue weighted by Gasteiger charge is 2.39. The molecule has 0 spiro atoms. The summed E-state index contributed by atoms with van der Waals surface area (Å²) in [7, 11) is 0. The maximum absolute atomic E-state index is 13.4. The number of amides is 2. The number of hydrogen-bond donors (Lipinski definition) is 1. The van der Waals surface area contributed by atoms with Crippen LogP contribution in [0, 0.1) is 5.82 Å². The van der Waals surface area contributed by atoms with E-state index >= 15 is 0 Å². The molecule has 1 unspecified atom stereocenters. The fourth-order valence-corrected chi connectivity index (χ4v) is 4.32. The zero-order valence-electron chi connectivity index (χ0n) is 17.8. The third-order valence-corrected chi connectivity index (χ3v) is 6.03. The van der Waals surface area contributed by atoms with Gasteiger partial charge in [-0.15, -0.1) is 0 Å². The van der Waals surface area contributed by atoms with Crippen molar-refractivity contribution in [2.24, 2.45) is 0 Å². The molecule has 5 nitrogen and oxygen atoms in total. The van der Waals surface area contributed by atoms with E-state index in [9.17, 15) is 18.8 Å². The Morgan fingerprint density at radius 3 is 2.52 bits per heavy atom. The van der Waals surface area contributed by atoms with E-state index in [1.54, 1.807) is 18.2 Å². The second-order valence-electron chi connectivity index (χ2n) is 8.32. The molecule has 1 N–H and O–H groups in total. The van der Waals surface area contributed by atoms with Gasteiger partial charge in [-0.25, -0.2) is 4.39 Å². The van der Waals surface area contributed by atoms with Gasteiger partial charge < -0.3 is 4.98 Å². The first-order valence-corrected chi connectivity index (χ1v) is 10.8. The van der Waals surface area contributed by atoms with Gasteiger partial charge in [0.2, 0.25) is 11.8 Å². The summed E-state index contributed by atoms with van der Waals surface area (Å²) in [5, 5.41) is 0.789. The van der Waals surface area contributed by atoms with Crippen LogP contribution in [0.15, 0.2) is 78.9 Å². The quantitative estimate of drug-likeness (QED) is 0.347. The van der Waals surface area contributed by atoms with Gasteiger partial charge in [0.25, 0.3) is 0 Å². The monoisotopic (exact) mass is 440 g/mol. The van der Waals surface area contributed by atoms with Gasteiger partial charge in [-0.2, -0.15) is 0 Å². The molecule has 4 aromatic rings. The standard InChI is InChI=1S/C27H21FN2O3/c28-21-8-4-7-18(11-21)12-25(31)24-14-20-13-19(9-10-23(20)29-24)22-15-26(32)30(27(22)33)16-17-5-2-1-3-6-17/h1-11,13-14,22,29H,12,15-16H2. The van der Waals surface area contributed by atoms with Crippen molar-refractivity contribution in [3.63, 3.8) is 0 Å². The number of benzene rings is 3. The summed E-state index contributed by atoms with van der Waals surface area (Å²) in [6.07, 6.45) is 0.217. The van der Waals surface area contributed by atoms with Crippen molar-refractivity contribution in [3.05, 3.63) is 107 Å². The molecule has 0 bridgehead atoms. The summed E-state index contributed by atoms with van der Waals surface area (Å²) < 4.78 is 13.4. The van der Waals surface area contributed by atoms with Crippen LogP contribution in [0.25, 0.3) is 10.9 Å². The van der Waals surface area contributed by atoms with E-state index in [-0.39, 0.29) is 42.8 Å². The molecule has 33 heavy (non-hydrogen) atoms. The summed E-state index contributed by atoms with van der Waals surface area (Å²) in [5.74, 6) is -1.46. The van der Waals surface area contributed by atoms with E-state index in [1.807, 2.05) is 48.5 Å². The minimum Gasteiger partial charge on any atom is -0.352 e. The Labute approximate surface area is 189 Å². The van der Waals surface area contributed by atoms with Gasteiger partial charge in [-0.1, -0.05) is 48.5 Å². The van der Waals surface area contributed by atoms with Crippen LogP contribution in [0.2, 0.25) is 0 Å².